The fraction of sp³-hybridized carbons (Fsp3) is 0.786. The zero-order valence-corrected chi connectivity index (χ0v) is 13.3. The molecule has 0 amide bonds. The molecular formula is C14H25N5O2. The van der Waals surface area contributed by atoms with Crippen molar-refractivity contribution in [3.63, 3.8) is 0 Å². The Balaban J connectivity index is 2.32. The van der Waals surface area contributed by atoms with Crippen molar-refractivity contribution in [2.24, 2.45) is 7.05 Å². The first-order chi connectivity index (χ1) is 9.95. The summed E-state index contributed by atoms with van der Waals surface area (Å²) >= 11 is 0. The van der Waals surface area contributed by atoms with E-state index in [0.717, 1.165) is 19.3 Å². The first-order valence-electron chi connectivity index (χ1n) is 7.71. The summed E-state index contributed by atoms with van der Waals surface area (Å²) in [6, 6.07) is 0.718. The van der Waals surface area contributed by atoms with Crippen molar-refractivity contribution in [1.29, 1.82) is 0 Å². The summed E-state index contributed by atoms with van der Waals surface area (Å²) in [7, 11) is 1.76. The van der Waals surface area contributed by atoms with Crippen LogP contribution in [0, 0.1) is 10.1 Å². The summed E-state index contributed by atoms with van der Waals surface area (Å²) < 4.78 is 1.59. The zero-order valence-electron chi connectivity index (χ0n) is 13.3. The Kier molecular flexibility index (Phi) is 4.82. The summed E-state index contributed by atoms with van der Waals surface area (Å²) in [5.74, 6) is 0.490. The van der Waals surface area contributed by atoms with E-state index in [4.69, 9.17) is 0 Å². The van der Waals surface area contributed by atoms with Gasteiger partial charge in [0.05, 0.1) is 4.92 Å². The highest BCUT2D eigenvalue weighted by Gasteiger charge is 2.31. The van der Waals surface area contributed by atoms with Gasteiger partial charge in [-0.25, -0.2) is 9.69 Å². The third-order valence-corrected chi connectivity index (χ3v) is 4.19. The lowest BCUT2D eigenvalue weighted by atomic mass is 10.00. The molecule has 2 unspecified atom stereocenters. The van der Waals surface area contributed by atoms with E-state index in [9.17, 15) is 10.1 Å². The summed E-state index contributed by atoms with van der Waals surface area (Å²) in [4.78, 5) is 11.1. The fourth-order valence-electron chi connectivity index (χ4n) is 3.05. The van der Waals surface area contributed by atoms with Crippen LogP contribution in [0.15, 0.2) is 0 Å². The van der Waals surface area contributed by atoms with Gasteiger partial charge in [-0.15, -0.1) is 0 Å². The summed E-state index contributed by atoms with van der Waals surface area (Å²) in [5, 5.41) is 17.9. The molecule has 2 rings (SSSR count). The summed E-state index contributed by atoms with van der Waals surface area (Å²) in [6.45, 7) is 6.30. The highest BCUT2D eigenvalue weighted by Crippen LogP contribution is 2.31. The second kappa shape index (κ2) is 6.43. The predicted octanol–water partition coefficient (Wildman–Crippen LogP) is 2.87. The van der Waals surface area contributed by atoms with Gasteiger partial charge in [0.1, 0.15) is 5.69 Å². The number of hydrogen-bond acceptors (Lipinski definition) is 5. The molecular weight excluding hydrogens is 270 g/mol. The SMILES string of the molecule is CCCc1nn(C)c(NN2C(C)CCCC2C)c1[N+](=O)[O-]. The van der Waals surface area contributed by atoms with Gasteiger partial charge in [-0.2, -0.15) is 5.10 Å². The van der Waals surface area contributed by atoms with Gasteiger partial charge in [0.25, 0.3) is 0 Å². The molecule has 1 aliphatic rings. The van der Waals surface area contributed by atoms with Crippen molar-refractivity contribution >= 4 is 11.5 Å². The number of nitrogens with one attached hydrogen (secondary N) is 1. The second-order valence-electron chi connectivity index (χ2n) is 5.92. The Labute approximate surface area is 125 Å². The molecule has 0 radical (unpaired) electrons. The van der Waals surface area contributed by atoms with E-state index in [0.29, 0.717) is 30.0 Å². The minimum atomic E-state index is -0.320. The van der Waals surface area contributed by atoms with Crippen LogP contribution in [0.25, 0.3) is 0 Å². The topological polar surface area (TPSA) is 76.2 Å². The number of hydrazine groups is 1. The Hall–Kier alpha value is -1.63. The van der Waals surface area contributed by atoms with Crippen LogP contribution in [-0.2, 0) is 13.5 Å². The van der Waals surface area contributed by atoms with Crippen molar-refractivity contribution < 1.29 is 4.92 Å². The van der Waals surface area contributed by atoms with Crippen LogP contribution in [0.3, 0.4) is 0 Å². The second-order valence-corrected chi connectivity index (χ2v) is 5.92. The lowest BCUT2D eigenvalue weighted by molar-refractivity contribution is -0.384. The number of nitrogens with zero attached hydrogens (tertiary/aromatic N) is 4. The third kappa shape index (κ3) is 3.18. The predicted molar refractivity (Wildman–Crippen MR) is 82.1 cm³/mol. The molecule has 1 fully saturated rings. The number of nitro groups is 1. The molecule has 1 N–H and O–H groups in total. The number of rotatable bonds is 5. The van der Waals surface area contributed by atoms with Gasteiger partial charge in [0, 0.05) is 19.1 Å². The van der Waals surface area contributed by atoms with Crippen LogP contribution in [0.5, 0.6) is 0 Å². The molecule has 7 nitrogen and oxygen atoms in total. The molecule has 21 heavy (non-hydrogen) atoms. The van der Waals surface area contributed by atoms with Crippen LogP contribution in [-0.4, -0.2) is 31.8 Å². The molecule has 2 atom stereocenters. The monoisotopic (exact) mass is 295 g/mol. The van der Waals surface area contributed by atoms with Crippen LogP contribution in [0.1, 0.15) is 52.1 Å². The molecule has 2 heterocycles. The van der Waals surface area contributed by atoms with Gasteiger partial charge in [0.15, 0.2) is 0 Å². The van der Waals surface area contributed by atoms with Gasteiger partial charge in [-0.3, -0.25) is 15.5 Å². The Bertz CT molecular complexity index is 504. The molecule has 1 aromatic rings. The van der Waals surface area contributed by atoms with Crippen molar-refractivity contribution in [3.8, 4) is 0 Å². The van der Waals surface area contributed by atoms with Crippen LogP contribution < -0.4 is 5.43 Å². The smallest absolute Gasteiger partial charge is 0.297 e. The first kappa shape index (κ1) is 15.8. The van der Waals surface area contributed by atoms with E-state index in [1.807, 2.05) is 6.92 Å². The van der Waals surface area contributed by atoms with Gasteiger partial charge in [-0.1, -0.05) is 19.8 Å². The van der Waals surface area contributed by atoms with Crippen molar-refractivity contribution in [2.75, 3.05) is 5.43 Å². The van der Waals surface area contributed by atoms with Gasteiger partial charge < -0.3 is 0 Å². The number of piperidine rings is 1. The zero-order chi connectivity index (χ0) is 15.6. The van der Waals surface area contributed by atoms with E-state index >= 15 is 0 Å². The highest BCUT2D eigenvalue weighted by molar-refractivity contribution is 5.59. The Morgan fingerprint density at radius 1 is 1.38 bits per heavy atom. The summed E-state index contributed by atoms with van der Waals surface area (Å²) in [5.41, 5.74) is 3.94. The Morgan fingerprint density at radius 3 is 2.52 bits per heavy atom. The lowest BCUT2D eigenvalue weighted by Crippen LogP contribution is -2.47. The standard InChI is InChI=1S/C14H25N5O2/c1-5-7-12-13(19(20)21)14(17(4)15-12)16-18-10(2)8-6-9-11(18)3/h10-11,16H,5-9H2,1-4H3. The molecule has 0 spiro atoms. The maximum atomic E-state index is 11.4. The van der Waals surface area contributed by atoms with Gasteiger partial charge in [-0.05, 0) is 33.1 Å². The minimum Gasteiger partial charge on any atom is -0.297 e. The molecule has 0 aromatic carbocycles. The quantitative estimate of drug-likeness (QED) is 0.667. The Morgan fingerprint density at radius 2 is 2.00 bits per heavy atom. The highest BCUT2D eigenvalue weighted by atomic mass is 16.6. The minimum absolute atomic E-state index is 0.115. The molecule has 0 aliphatic carbocycles. The van der Waals surface area contributed by atoms with E-state index in [1.165, 1.54) is 6.42 Å². The van der Waals surface area contributed by atoms with E-state index < -0.39 is 0 Å². The summed E-state index contributed by atoms with van der Waals surface area (Å²) in [6.07, 6.45) is 4.87. The number of anilines is 1. The van der Waals surface area contributed by atoms with E-state index in [2.05, 4.69) is 29.4 Å². The van der Waals surface area contributed by atoms with E-state index in [-0.39, 0.29) is 10.6 Å². The molecule has 1 aromatic heterocycles. The average Bonchev–Trinajstić information content (AvgIpc) is 2.71. The molecule has 1 saturated heterocycles. The van der Waals surface area contributed by atoms with Gasteiger partial charge >= 0.3 is 5.69 Å². The lowest BCUT2D eigenvalue weighted by Gasteiger charge is -2.39. The third-order valence-electron chi connectivity index (χ3n) is 4.19. The average molecular weight is 295 g/mol. The molecule has 1 aliphatic heterocycles. The maximum Gasteiger partial charge on any atom is 0.335 e. The fourth-order valence-corrected chi connectivity index (χ4v) is 3.05. The van der Waals surface area contributed by atoms with Crippen LogP contribution in [0.4, 0.5) is 11.5 Å². The molecule has 7 heteroatoms. The van der Waals surface area contributed by atoms with Crippen LogP contribution in [0.2, 0.25) is 0 Å². The first-order valence-corrected chi connectivity index (χ1v) is 7.71. The van der Waals surface area contributed by atoms with Crippen molar-refractivity contribution in [1.82, 2.24) is 14.8 Å². The van der Waals surface area contributed by atoms with Crippen molar-refractivity contribution in [3.05, 3.63) is 15.8 Å². The largest absolute Gasteiger partial charge is 0.335 e. The van der Waals surface area contributed by atoms with Gasteiger partial charge in [0.2, 0.25) is 5.82 Å². The molecule has 0 saturated carbocycles. The number of aryl methyl sites for hydroxylation is 2. The molecule has 118 valence electrons. The van der Waals surface area contributed by atoms with Crippen molar-refractivity contribution in [2.45, 2.75) is 65.0 Å². The molecule has 0 bridgehead atoms. The number of aromatic nitrogens is 2. The van der Waals surface area contributed by atoms with E-state index in [1.54, 1.807) is 11.7 Å². The van der Waals surface area contributed by atoms with Crippen LogP contribution >= 0.6 is 0 Å². The maximum absolute atomic E-state index is 11.4. The number of hydrogen-bond donors (Lipinski definition) is 1. The normalized spacial score (nSPS) is 23.2.